The molecule has 1 aliphatic rings. The minimum absolute atomic E-state index is 0.0227. The predicted octanol–water partition coefficient (Wildman–Crippen LogP) is 4.70. The Balaban J connectivity index is 1.52. The maximum Gasteiger partial charge on any atom is 0.243 e. The lowest BCUT2D eigenvalue weighted by Gasteiger charge is -2.32. The van der Waals surface area contributed by atoms with Gasteiger partial charge in [-0.1, -0.05) is 24.3 Å². The highest BCUT2D eigenvalue weighted by atomic mass is 32.2. The molecule has 0 atom stereocenters. The molecule has 1 aromatic heterocycles. The zero-order valence-electron chi connectivity index (χ0n) is 18.0. The van der Waals surface area contributed by atoms with Crippen LogP contribution in [-0.2, 0) is 10.0 Å². The Kier molecular flexibility index (Phi) is 5.55. The Morgan fingerprint density at radius 2 is 1.60 bits per heavy atom. The van der Waals surface area contributed by atoms with Gasteiger partial charge < -0.3 is 4.74 Å². The second kappa shape index (κ2) is 8.00. The Labute approximate surface area is 178 Å². The maximum atomic E-state index is 13.4. The number of aryl methyl sites for hydroxylation is 2. The molecule has 5 nitrogen and oxygen atoms in total. The summed E-state index contributed by atoms with van der Waals surface area (Å²) < 4.78 is 34.7. The highest BCUT2D eigenvalue weighted by Crippen LogP contribution is 2.31. The first-order valence-electron chi connectivity index (χ1n) is 10.4. The average Bonchev–Trinajstić information content (AvgIpc) is 2.73. The number of fused-ring (bicyclic) bond motifs is 1. The van der Waals surface area contributed by atoms with Crippen LogP contribution in [0, 0.1) is 27.7 Å². The fourth-order valence-electron chi connectivity index (χ4n) is 4.24. The van der Waals surface area contributed by atoms with E-state index in [1.165, 1.54) is 0 Å². The van der Waals surface area contributed by atoms with Crippen molar-refractivity contribution in [2.45, 2.75) is 51.5 Å². The fraction of sp³-hybridized carbons (Fsp3) is 0.375. The van der Waals surface area contributed by atoms with E-state index in [0.29, 0.717) is 30.8 Å². The van der Waals surface area contributed by atoms with Crippen LogP contribution >= 0.6 is 0 Å². The van der Waals surface area contributed by atoms with Gasteiger partial charge in [-0.2, -0.15) is 4.31 Å². The summed E-state index contributed by atoms with van der Waals surface area (Å²) in [4.78, 5) is 4.92. The first-order valence-corrected chi connectivity index (χ1v) is 11.8. The summed E-state index contributed by atoms with van der Waals surface area (Å²) in [7, 11) is -3.53. The zero-order valence-corrected chi connectivity index (χ0v) is 18.8. The van der Waals surface area contributed by atoms with Crippen molar-refractivity contribution in [2.75, 3.05) is 13.1 Å². The van der Waals surface area contributed by atoms with Crippen LogP contribution in [0.2, 0.25) is 0 Å². The Morgan fingerprint density at radius 1 is 0.967 bits per heavy atom. The molecule has 0 N–H and O–H groups in total. The molecular weight excluding hydrogens is 396 g/mol. The van der Waals surface area contributed by atoms with Gasteiger partial charge in [0, 0.05) is 24.7 Å². The molecule has 1 fully saturated rings. The third-order valence-corrected chi connectivity index (χ3v) is 8.36. The van der Waals surface area contributed by atoms with Crippen molar-refractivity contribution in [3.8, 4) is 5.75 Å². The first-order chi connectivity index (χ1) is 14.3. The van der Waals surface area contributed by atoms with Crippen molar-refractivity contribution in [2.24, 2.45) is 0 Å². The van der Waals surface area contributed by atoms with Gasteiger partial charge in [0.05, 0.1) is 4.90 Å². The zero-order chi connectivity index (χ0) is 21.5. The van der Waals surface area contributed by atoms with Gasteiger partial charge in [0.1, 0.15) is 17.4 Å². The number of piperidine rings is 1. The van der Waals surface area contributed by atoms with E-state index in [1.54, 1.807) is 10.5 Å². The molecule has 1 aliphatic heterocycles. The molecule has 0 saturated carbocycles. The second-order valence-corrected chi connectivity index (χ2v) is 10.0. The number of rotatable bonds is 4. The molecule has 6 heteroatoms. The van der Waals surface area contributed by atoms with E-state index in [0.717, 1.165) is 38.9 Å². The summed E-state index contributed by atoms with van der Waals surface area (Å²) in [5, 5.41) is 1.04. The lowest BCUT2D eigenvalue weighted by atomic mass is 10.0. The van der Waals surface area contributed by atoms with Crippen molar-refractivity contribution >= 4 is 20.9 Å². The minimum atomic E-state index is -3.53. The topological polar surface area (TPSA) is 59.5 Å². The van der Waals surface area contributed by atoms with Crippen LogP contribution in [0.5, 0.6) is 5.75 Å². The summed E-state index contributed by atoms with van der Waals surface area (Å²) in [5.41, 5.74) is 4.56. The monoisotopic (exact) mass is 424 g/mol. The number of hydrogen-bond donors (Lipinski definition) is 0. The number of hydrogen-bond acceptors (Lipinski definition) is 4. The first kappa shape index (κ1) is 20.8. The number of para-hydroxylation sites is 1. The smallest absolute Gasteiger partial charge is 0.243 e. The van der Waals surface area contributed by atoms with Crippen LogP contribution in [-0.4, -0.2) is 36.9 Å². The van der Waals surface area contributed by atoms with Gasteiger partial charge in [-0.05, 0) is 74.9 Å². The number of sulfonamides is 1. The second-order valence-electron chi connectivity index (χ2n) is 8.14. The van der Waals surface area contributed by atoms with Crippen molar-refractivity contribution in [3.63, 3.8) is 0 Å². The van der Waals surface area contributed by atoms with E-state index in [2.05, 4.69) is 11.1 Å². The standard InChI is InChI=1S/C24H28N2O3S/c1-16-15-17(2)19(4)24(18(16)3)30(27,28)26-13-10-21(11-14-26)29-22-9-5-7-20-8-6-12-25-23(20)22/h5-9,12,15,21H,10-11,13-14H2,1-4H3. The van der Waals surface area contributed by atoms with Gasteiger partial charge in [0.25, 0.3) is 0 Å². The Morgan fingerprint density at radius 3 is 2.27 bits per heavy atom. The van der Waals surface area contributed by atoms with Gasteiger partial charge in [0.15, 0.2) is 0 Å². The summed E-state index contributed by atoms with van der Waals surface area (Å²) in [5.74, 6) is 0.760. The molecule has 2 heterocycles. The third kappa shape index (κ3) is 3.70. The lowest BCUT2D eigenvalue weighted by Crippen LogP contribution is -2.42. The van der Waals surface area contributed by atoms with E-state index in [9.17, 15) is 8.42 Å². The molecule has 0 unspecified atom stereocenters. The Bertz CT molecular complexity index is 1170. The van der Waals surface area contributed by atoms with E-state index < -0.39 is 10.0 Å². The van der Waals surface area contributed by atoms with E-state index in [1.807, 2.05) is 58.0 Å². The SMILES string of the molecule is Cc1cc(C)c(C)c(S(=O)(=O)N2CCC(Oc3cccc4cccnc34)CC2)c1C. The molecule has 4 rings (SSSR count). The fourth-order valence-corrected chi connectivity index (χ4v) is 6.28. The van der Waals surface area contributed by atoms with Gasteiger partial charge in [-0.25, -0.2) is 8.42 Å². The Hall–Kier alpha value is -2.44. The molecule has 0 aliphatic carbocycles. The van der Waals surface area contributed by atoms with Gasteiger partial charge in [-0.3, -0.25) is 4.98 Å². The molecule has 3 aromatic rings. The normalized spacial score (nSPS) is 16.1. The molecule has 0 bridgehead atoms. The average molecular weight is 425 g/mol. The van der Waals surface area contributed by atoms with Crippen molar-refractivity contribution in [1.82, 2.24) is 9.29 Å². The molecule has 0 spiro atoms. The molecule has 2 aromatic carbocycles. The van der Waals surface area contributed by atoms with E-state index in [-0.39, 0.29) is 6.10 Å². The van der Waals surface area contributed by atoms with Crippen molar-refractivity contribution in [1.29, 1.82) is 0 Å². The van der Waals surface area contributed by atoms with Gasteiger partial charge in [-0.15, -0.1) is 0 Å². The van der Waals surface area contributed by atoms with Crippen LogP contribution in [0.15, 0.2) is 47.5 Å². The van der Waals surface area contributed by atoms with Crippen LogP contribution in [0.1, 0.15) is 35.1 Å². The van der Waals surface area contributed by atoms with Crippen LogP contribution in [0.3, 0.4) is 0 Å². The van der Waals surface area contributed by atoms with Gasteiger partial charge in [0.2, 0.25) is 10.0 Å². The van der Waals surface area contributed by atoms with Gasteiger partial charge >= 0.3 is 0 Å². The van der Waals surface area contributed by atoms with Crippen LogP contribution in [0.25, 0.3) is 10.9 Å². The minimum Gasteiger partial charge on any atom is -0.488 e. The number of benzene rings is 2. The largest absolute Gasteiger partial charge is 0.488 e. The molecule has 158 valence electrons. The van der Waals surface area contributed by atoms with Crippen molar-refractivity contribution < 1.29 is 13.2 Å². The molecular formula is C24H28N2O3S. The third-order valence-electron chi connectivity index (χ3n) is 6.19. The molecule has 1 saturated heterocycles. The summed E-state index contributed by atoms with van der Waals surface area (Å²) in [6, 6.07) is 11.9. The highest BCUT2D eigenvalue weighted by molar-refractivity contribution is 7.89. The number of pyridine rings is 1. The van der Waals surface area contributed by atoms with Crippen LogP contribution in [0.4, 0.5) is 0 Å². The van der Waals surface area contributed by atoms with E-state index in [4.69, 9.17) is 4.74 Å². The molecule has 0 radical (unpaired) electrons. The van der Waals surface area contributed by atoms with E-state index >= 15 is 0 Å². The predicted molar refractivity (Wildman–Crippen MR) is 120 cm³/mol. The number of ether oxygens (including phenoxy) is 1. The summed E-state index contributed by atoms with van der Waals surface area (Å²) >= 11 is 0. The summed E-state index contributed by atoms with van der Waals surface area (Å²) in [6.07, 6.45) is 3.06. The lowest BCUT2D eigenvalue weighted by molar-refractivity contribution is 0.136. The molecule has 30 heavy (non-hydrogen) atoms. The highest BCUT2D eigenvalue weighted by Gasteiger charge is 2.33. The maximum absolute atomic E-state index is 13.4. The number of nitrogens with zero attached hydrogens (tertiary/aromatic N) is 2. The van der Waals surface area contributed by atoms with Crippen LogP contribution < -0.4 is 4.74 Å². The summed E-state index contributed by atoms with van der Waals surface area (Å²) in [6.45, 7) is 8.66. The van der Waals surface area contributed by atoms with Crippen molar-refractivity contribution in [3.05, 3.63) is 64.8 Å². The quantitative estimate of drug-likeness (QED) is 0.609. The molecule has 0 amide bonds. The number of aromatic nitrogens is 1.